The first-order valence-electron chi connectivity index (χ1n) is 13.5. The average molecular weight is 512 g/mol. The number of rotatable bonds is 9. The number of esters is 1. The van der Waals surface area contributed by atoms with E-state index in [9.17, 15) is 14.4 Å². The van der Waals surface area contributed by atoms with E-state index in [-0.39, 0.29) is 24.3 Å². The Hall–Kier alpha value is -3.93. The van der Waals surface area contributed by atoms with Crippen LogP contribution in [0.1, 0.15) is 81.8 Å². The van der Waals surface area contributed by atoms with Gasteiger partial charge < -0.3 is 9.47 Å². The Morgan fingerprint density at radius 1 is 0.868 bits per heavy atom. The van der Waals surface area contributed by atoms with Crippen LogP contribution in [0.3, 0.4) is 0 Å². The van der Waals surface area contributed by atoms with E-state index >= 15 is 0 Å². The number of hydrogen-bond donors (Lipinski definition) is 0. The van der Waals surface area contributed by atoms with Crippen LogP contribution in [0.2, 0.25) is 0 Å². The Labute approximate surface area is 223 Å². The maximum absolute atomic E-state index is 13.1. The van der Waals surface area contributed by atoms with Gasteiger partial charge in [0.2, 0.25) is 0 Å². The van der Waals surface area contributed by atoms with E-state index in [1.165, 1.54) is 37.0 Å². The summed E-state index contributed by atoms with van der Waals surface area (Å²) in [5.74, 6) is -0.185. The summed E-state index contributed by atoms with van der Waals surface area (Å²) in [6.45, 7) is 2.68. The number of ether oxygens (including phenoxy) is 2. The number of carbonyl (C=O) groups is 3. The van der Waals surface area contributed by atoms with Crippen molar-refractivity contribution in [3.05, 3.63) is 101 Å². The number of fused-ring (bicyclic) bond motifs is 1. The fourth-order valence-corrected chi connectivity index (χ4v) is 5.41. The first-order valence-corrected chi connectivity index (χ1v) is 13.5. The highest BCUT2D eigenvalue weighted by Gasteiger charge is 2.38. The summed E-state index contributed by atoms with van der Waals surface area (Å²) in [7, 11) is 0. The summed E-state index contributed by atoms with van der Waals surface area (Å²) in [6.07, 6.45) is 5.49. The Morgan fingerprint density at radius 3 is 2.21 bits per heavy atom. The van der Waals surface area contributed by atoms with Crippen LogP contribution in [-0.4, -0.2) is 35.8 Å². The second kappa shape index (κ2) is 11.6. The Balaban J connectivity index is 1.37. The molecule has 3 aromatic carbocycles. The minimum absolute atomic E-state index is 0.117. The number of imide groups is 1. The van der Waals surface area contributed by atoms with E-state index in [0.717, 1.165) is 11.3 Å². The molecule has 0 aromatic heterocycles. The number of nitrogens with zero attached hydrogens (tertiary/aromatic N) is 1. The van der Waals surface area contributed by atoms with E-state index in [2.05, 4.69) is 0 Å². The summed E-state index contributed by atoms with van der Waals surface area (Å²) >= 11 is 0. The minimum atomic E-state index is -0.690. The van der Waals surface area contributed by atoms with Gasteiger partial charge in [-0.2, -0.15) is 0 Å². The van der Waals surface area contributed by atoms with Gasteiger partial charge in [0.15, 0.2) is 0 Å². The largest absolute Gasteiger partial charge is 0.493 e. The summed E-state index contributed by atoms with van der Waals surface area (Å²) in [5, 5.41) is 0. The highest BCUT2D eigenvalue weighted by atomic mass is 16.5. The third kappa shape index (κ3) is 5.64. The molecule has 2 aliphatic rings. The lowest BCUT2D eigenvalue weighted by molar-refractivity contribution is 0.0110. The molecule has 3 aromatic rings. The highest BCUT2D eigenvalue weighted by Crippen LogP contribution is 2.33. The van der Waals surface area contributed by atoms with Crippen LogP contribution in [0, 0.1) is 11.8 Å². The van der Waals surface area contributed by atoms with Crippen molar-refractivity contribution in [3.8, 4) is 5.75 Å². The molecule has 5 rings (SSSR count). The molecule has 6 heteroatoms. The standard InChI is InChI=1S/C32H33NO5/c1-22(20-33-30(34)27-17-8-9-18-28(27)31(33)35)29(38-32(36)24-13-6-3-7-14-24)25-15-10-16-26(19-25)37-21-23-11-4-2-5-12-23/h3,6-10,13-19,22-23,29H,2,4-5,11-12,20-21H2,1H3/t22-,29+/m0/s1. The Bertz CT molecular complexity index is 1260. The lowest BCUT2D eigenvalue weighted by atomic mass is 9.90. The fourth-order valence-electron chi connectivity index (χ4n) is 5.41. The van der Waals surface area contributed by atoms with E-state index < -0.39 is 12.1 Å². The predicted octanol–water partition coefficient (Wildman–Crippen LogP) is 6.48. The number of amides is 2. The quantitative estimate of drug-likeness (QED) is 0.243. The van der Waals surface area contributed by atoms with Crippen molar-refractivity contribution in [1.82, 2.24) is 4.90 Å². The van der Waals surface area contributed by atoms with Gasteiger partial charge in [0.25, 0.3) is 11.8 Å². The molecule has 0 spiro atoms. The molecule has 0 unspecified atom stereocenters. The van der Waals surface area contributed by atoms with Crippen LogP contribution >= 0.6 is 0 Å². The van der Waals surface area contributed by atoms with Crippen molar-refractivity contribution in [2.75, 3.05) is 13.2 Å². The van der Waals surface area contributed by atoms with Gasteiger partial charge in [-0.25, -0.2) is 4.79 Å². The molecule has 0 bridgehead atoms. The zero-order valence-electron chi connectivity index (χ0n) is 21.7. The van der Waals surface area contributed by atoms with Crippen molar-refractivity contribution in [2.24, 2.45) is 11.8 Å². The lowest BCUT2D eigenvalue weighted by Crippen LogP contribution is -2.36. The van der Waals surface area contributed by atoms with Gasteiger partial charge in [-0.05, 0) is 60.7 Å². The third-order valence-corrected chi connectivity index (χ3v) is 7.51. The molecule has 1 heterocycles. The molecule has 196 valence electrons. The maximum Gasteiger partial charge on any atom is 0.338 e. The second-order valence-corrected chi connectivity index (χ2v) is 10.3. The van der Waals surface area contributed by atoms with E-state index in [1.54, 1.807) is 48.5 Å². The Morgan fingerprint density at radius 2 is 1.53 bits per heavy atom. The van der Waals surface area contributed by atoms with E-state index in [4.69, 9.17) is 9.47 Å². The molecule has 0 N–H and O–H groups in total. The van der Waals surface area contributed by atoms with Crippen LogP contribution in [0.25, 0.3) is 0 Å². The second-order valence-electron chi connectivity index (χ2n) is 10.3. The molecule has 2 amide bonds. The van der Waals surface area contributed by atoms with Gasteiger partial charge in [0.05, 0.1) is 23.3 Å². The van der Waals surface area contributed by atoms with Gasteiger partial charge in [-0.3, -0.25) is 14.5 Å². The Kier molecular flexibility index (Phi) is 7.87. The maximum atomic E-state index is 13.1. The predicted molar refractivity (Wildman–Crippen MR) is 144 cm³/mol. The first-order chi connectivity index (χ1) is 18.5. The summed E-state index contributed by atoms with van der Waals surface area (Å²) < 4.78 is 12.2. The van der Waals surface area contributed by atoms with Crippen LogP contribution in [0.4, 0.5) is 0 Å². The van der Waals surface area contributed by atoms with Crippen molar-refractivity contribution < 1.29 is 23.9 Å². The fraction of sp³-hybridized carbons (Fsp3) is 0.344. The number of carbonyl (C=O) groups excluding carboxylic acids is 3. The van der Waals surface area contributed by atoms with Crippen LogP contribution in [0.15, 0.2) is 78.9 Å². The molecule has 6 nitrogen and oxygen atoms in total. The molecule has 1 saturated carbocycles. The summed E-state index contributed by atoms with van der Waals surface area (Å²) in [4.78, 5) is 40.4. The topological polar surface area (TPSA) is 72.9 Å². The van der Waals surface area contributed by atoms with Gasteiger partial charge >= 0.3 is 5.97 Å². The molecule has 2 atom stereocenters. The van der Waals surface area contributed by atoms with Crippen LogP contribution in [0.5, 0.6) is 5.75 Å². The van der Waals surface area contributed by atoms with Gasteiger partial charge in [0.1, 0.15) is 11.9 Å². The highest BCUT2D eigenvalue weighted by molar-refractivity contribution is 6.21. The number of hydrogen-bond acceptors (Lipinski definition) is 5. The molecule has 0 saturated heterocycles. The van der Waals surface area contributed by atoms with Gasteiger partial charge in [-0.1, -0.05) is 68.7 Å². The molecule has 1 aliphatic carbocycles. The summed E-state index contributed by atoms with van der Waals surface area (Å²) in [6, 6.07) is 23.3. The van der Waals surface area contributed by atoms with E-state index in [0.29, 0.717) is 29.2 Å². The molecular weight excluding hydrogens is 478 g/mol. The molecular formula is C32H33NO5. The van der Waals surface area contributed by atoms with Gasteiger partial charge in [0, 0.05) is 12.5 Å². The summed E-state index contributed by atoms with van der Waals surface area (Å²) in [5.41, 5.74) is 2.01. The first kappa shape index (κ1) is 25.7. The van der Waals surface area contributed by atoms with Crippen LogP contribution < -0.4 is 4.74 Å². The van der Waals surface area contributed by atoms with E-state index in [1.807, 2.05) is 37.3 Å². The van der Waals surface area contributed by atoms with Crippen molar-refractivity contribution in [2.45, 2.75) is 45.1 Å². The molecule has 0 radical (unpaired) electrons. The zero-order chi connectivity index (χ0) is 26.5. The zero-order valence-corrected chi connectivity index (χ0v) is 21.7. The normalized spacial score (nSPS) is 17.1. The molecule has 1 aliphatic heterocycles. The van der Waals surface area contributed by atoms with Crippen LogP contribution in [-0.2, 0) is 4.74 Å². The lowest BCUT2D eigenvalue weighted by Gasteiger charge is -2.28. The van der Waals surface area contributed by atoms with Crippen molar-refractivity contribution >= 4 is 17.8 Å². The van der Waals surface area contributed by atoms with Crippen molar-refractivity contribution in [1.29, 1.82) is 0 Å². The smallest absolute Gasteiger partial charge is 0.338 e. The SMILES string of the molecule is C[C@@H](CN1C(=O)c2ccccc2C1=O)[C@@H](OC(=O)c1ccccc1)c1cccc(OCC2CCCCC2)c1. The van der Waals surface area contributed by atoms with Gasteiger partial charge in [-0.15, -0.1) is 0 Å². The molecule has 1 fully saturated rings. The third-order valence-electron chi connectivity index (χ3n) is 7.51. The molecule has 38 heavy (non-hydrogen) atoms. The number of benzene rings is 3. The monoisotopic (exact) mass is 511 g/mol. The van der Waals surface area contributed by atoms with Crippen molar-refractivity contribution in [3.63, 3.8) is 0 Å². The minimum Gasteiger partial charge on any atom is -0.493 e. The average Bonchev–Trinajstić information content (AvgIpc) is 3.20.